The molecule has 18 heavy (non-hydrogen) atoms. The Balaban J connectivity index is 1.93. The first kappa shape index (κ1) is 12.8. The SMILES string of the molecule is CN1CCCCC1CNc1cc([N+](=O)[O-])ccn1. The number of hydrogen-bond acceptors (Lipinski definition) is 5. The summed E-state index contributed by atoms with van der Waals surface area (Å²) in [7, 11) is 2.12. The zero-order chi connectivity index (χ0) is 13.0. The number of pyridine rings is 1. The Morgan fingerprint density at radius 3 is 3.17 bits per heavy atom. The van der Waals surface area contributed by atoms with E-state index in [1.165, 1.54) is 37.6 Å². The maximum atomic E-state index is 10.7. The molecule has 6 nitrogen and oxygen atoms in total. The molecule has 1 aromatic heterocycles. The highest BCUT2D eigenvalue weighted by Crippen LogP contribution is 2.17. The van der Waals surface area contributed by atoms with Crippen LogP contribution in [0.3, 0.4) is 0 Å². The maximum Gasteiger partial charge on any atom is 0.274 e. The van der Waals surface area contributed by atoms with Crippen LogP contribution in [0.1, 0.15) is 19.3 Å². The van der Waals surface area contributed by atoms with E-state index < -0.39 is 4.92 Å². The topological polar surface area (TPSA) is 71.3 Å². The lowest BCUT2D eigenvalue weighted by Gasteiger charge is -2.32. The van der Waals surface area contributed by atoms with E-state index >= 15 is 0 Å². The number of likely N-dealkylation sites (N-methyl/N-ethyl adjacent to an activating group) is 1. The average molecular weight is 250 g/mol. The number of nitrogens with one attached hydrogen (secondary N) is 1. The standard InChI is InChI=1S/C12H18N4O2/c1-15-7-3-2-4-11(15)9-14-12-8-10(16(17)18)5-6-13-12/h5-6,8,11H,2-4,7,9H2,1H3,(H,13,14). The number of aromatic nitrogens is 1. The Hall–Kier alpha value is -1.69. The molecule has 1 atom stereocenters. The minimum absolute atomic E-state index is 0.0736. The summed E-state index contributed by atoms with van der Waals surface area (Å²) in [6.07, 6.45) is 5.13. The molecule has 1 fully saturated rings. The second kappa shape index (κ2) is 5.77. The molecule has 2 rings (SSSR count). The molecule has 6 heteroatoms. The minimum atomic E-state index is -0.403. The van der Waals surface area contributed by atoms with E-state index in [-0.39, 0.29) is 5.69 Å². The van der Waals surface area contributed by atoms with Crippen molar-refractivity contribution in [3.63, 3.8) is 0 Å². The molecular weight excluding hydrogens is 232 g/mol. The van der Waals surface area contributed by atoms with Gasteiger partial charge in [-0.15, -0.1) is 0 Å². The van der Waals surface area contributed by atoms with Crippen molar-refractivity contribution in [3.05, 3.63) is 28.4 Å². The molecule has 1 aliphatic rings. The molecule has 1 N–H and O–H groups in total. The summed E-state index contributed by atoms with van der Waals surface area (Å²) in [5.41, 5.74) is 0.0736. The van der Waals surface area contributed by atoms with Gasteiger partial charge in [-0.3, -0.25) is 10.1 Å². The van der Waals surface area contributed by atoms with Crippen LogP contribution in [0.15, 0.2) is 18.3 Å². The quantitative estimate of drug-likeness (QED) is 0.652. The van der Waals surface area contributed by atoms with Crippen molar-refractivity contribution < 1.29 is 4.92 Å². The summed E-state index contributed by atoms with van der Waals surface area (Å²) >= 11 is 0. The third-order valence-electron chi connectivity index (χ3n) is 3.39. The number of piperidine rings is 1. The van der Waals surface area contributed by atoms with Gasteiger partial charge in [-0.1, -0.05) is 6.42 Å². The molecule has 0 aromatic carbocycles. The van der Waals surface area contributed by atoms with Crippen LogP contribution >= 0.6 is 0 Å². The Bertz CT molecular complexity index is 424. The van der Waals surface area contributed by atoms with E-state index in [1.807, 2.05) is 0 Å². The summed E-state index contributed by atoms with van der Waals surface area (Å²) in [5.74, 6) is 0.572. The van der Waals surface area contributed by atoms with E-state index in [0.29, 0.717) is 11.9 Å². The fraction of sp³-hybridized carbons (Fsp3) is 0.583. The first-order valence-electron chi connectivity index (χ1n) is 6.21. The Morgan fingerprint density at radius 2 is 2.44 bits per heavy atom. The average Bonchev–Trinajstić information content (AvgIpc) is 2.38. The second-order valence-corrected chi connectivity index (χ2v) is 4.67. The summed E-state index contributed by atoms with van der Waals surface area (Å²) in [6, 6.07) is 3.36. The van der Waals surface area contributed by atoms with Gasteiger partial charge in [0.25, 0.3) is 5.69 Å². The fourth-order valence-electron chi connectivity index (χ4n) is 2.25. The van der Waals surface area contributed by atoms with E-state index in [4.69, 9.17) is 0 Å². The van der Waals surface area contributed by atoms with E-state index in [9.17, 15) is 10.1 Å². The van der Waals surface area contributed by atoms with Crippen LogP contribution in [0.5, 0.6) is 0 Å². The van der Waals surface area contributed by atoms with Crippen molar-refractivity contribution in [1.29, 1.82) is 0 Å². The fourth-order valence-corrected chi connectivity index (χ4v) is 2.25. The monoisotopic (exact) mass is 250 g/mol. The van der Waals surface area contributed by atoms with E-state index in [1.54, 1.807) is 0 Å². The predicted molar refractivity (Wildman–Crippen MR) is 69.7 cm³/mol. The van der Waals surface area contributed by atoms with Crippen LogP contribution in [0, 0.1) is 10.1 Å². The number of rotatable bonds is 4. The molecule has 1 aliphatic heterocycles. The highest BCUT2D eigenvalue weighted by atomic mass is 16.6. The molecule has 0 bridgehead atoms. The van der Waals surface area contributed by atoms with Gasteiger partial charge in [0, 0.05) is 24.8 Å². The number of anilines is 1. The lowest BCUT2D eigenvalue weighted by molar-refractivity contribution is -0.384. The summed E-state index contributed by atoms with van der Waals surface area (Å²) in [6.45, 7) is 1.90. The third kappa shape index (κ3) is 3.16. The van der Waals surface area contributed by atoms with Gasteiger partial charge in [-0.2, -0.15) is 0 Å². The Morgan fingerprint density at radius 1 is 1.61 bits per heavy atom. The third-order valence-corrected chi connectivity index (χ3v) is 3.39. The van der Waals surface area contributed by atoms with E-state index in [2.05, 4.69) is 22.2 Å². The maximum absolute atomic E-state index is 10.7. The van der Waals surface area contributed by atoms with Crippen LogP contribution in [-0.2, 0) is 0 Å². The highest BCUT2D eigenvalue weighted by Gasteiger charge is 2.18. The summed E-state index contributed by atoms with van der Waals surface area (Å²) in [4.78, 5) is 16.7. The molecule has 98 valence electrons. The van der Waals surface area contributed by atoms with Gasteiger partial charge in [0.05, 0.1) is 11.0 Å². The number of nitro groups is 1. The Labute approximate surface area is 106 Å². The summed E-state index contributed by atoms with van der Waals surface area (Å²) < 4.78 is 0. The molecule has 1 saturated heterocycles. The van der Waals surface area contributed by atoms with Gasteiger partial charge < -0.3 is 10.2 Å². The van der Waals surface area contributed by atoms with Crippen LogP contribution in [0.2, 0.25) is 0 Å². The van der Waals surface area contributed by atoms with Crippen molar-refractivity contribution >= 4 is 11.5 Å². The molecule has 1 unspecified atom stereocenters. The molecule has 1 aromatic rings. The molecule has 0 amide bonds. The highest BCUT2D eigenvalue weighted by molar-refractivity contribution is 5.44. The van der Waals surface area contributed by atoms with Crippen molar-refractivity contribution in [2.45, 2.75) is 25.3 Å². The first-order valence-corrected chi connectivity index (χ1v) is 6.21. The lowest BCUT2D eigenvalue weighted by atomic mass is 10.0. The van der Waals surface area contributed by atoms with Crippen LogP contribution in [0.25, 0.3) is 0 Å². The van der Waals surface area contributed by atoms with Crippen molar-refractivity contribution in [3.8, 4) is 0 Å². The summed E-state index contributed by atoms with van der Waals surface area (Å²) in [5, 5.41) is 13.8. The van der Waals surface area contributed by atoms with E-state index in [0.717, 1.165) is 13.1 Å². The van der Waals surface area contributed by atoms with Crippen LogP contribution in [-0.4, -0.2) is 41.0 Å². The van der Waals surface area contributed by atoms with Gasteiger partial charge in [-0.25, -0.2) is 4.98 Å². The first-order chi connectivity index (χ1) is 8.66. The van der Waals surface area contributed by atoms with Gasteiger partial charge >= 0.3 is 0 Å². The number of nitrogens with zero attached hydrogens (tertiary/aromatic N) is 3. The zero-order valence-electron chi connectivity index (χ0n) is 10.5. The smallest absolute Gasteiger partial charge is 0.274 e. The van der Waals surface area contributed by atoms with Crippen molar-refractivity contribution in [2.24, 2.45) is 0 Å². The number of hydrogen-bond donors (Lipinski definition) is 1. The molecule has 2 heterocycles. The molecule has 0 radical (unpaired) electrons. The predicted octanol–water partition coefficient (Wildman–Crippen LogP) is 1.89. The number of likely N-dealkylation sites (tertiary alicyclic amines) is 1. The largest absolute Gasteiger partial charge is 0.368 e. The zero-order valence-corrected chi connectivity index (χ0v) is 10.5. The van der Waals surface area contributed by atoms with Gasteiger partial charge in [0.1, 0.15) is 5.82 Å². The van der Waals surface area contributed by atoms with Gasteiger partial charge in [0.2, 0.25) is 0 Å². The normalized spacial score (nSPS) is 20.6. The second-order valence-electron chi connectivity index (χ2n) is 4.67. The minimum Gasteiger partial charge on any atom is -0.368 e. The van der Waals surface area contributed by atoms with Gasteiger partial charge in [-0.05, 0) is 26.4 Å². The lowest BCUT2D eigenvalue weighted by Crippen LogP contribution is -2.40. The van der Waals surface area contributed by atoms with Crippen molar-refractivity contribution in [2.75, 3.05) is 25.5 Å². The van der Waals surface area contributed by atoms with Crippen LogP contribution < -0.4 is 5.32 Å². The van der Waals surface area contributed by atoms with Crippen LogP contribution in [0.4, 0.5) is 11.5 Å². The Kier molecular flexibility index (Phi) is 4.09. The molecule has 0 spiro atoms. The van der Waals surface area contributed by atoms with Gasteiger partial charge in [0.15, 0.2) is 0 Å². The molecule has 0 saturated carbocycles. The molecule has 0 aliphatic carbocycles. The molecular formula is C12H18N4O2. The van der Waals surface area contributed by atoms with Crippen molar-refractivity contribution in [1.82, 2.24) is 9.88 Å².